The Labute approximate surface area is 261 Å². The van der Waals surface area contributed by atoms with E-state index in [2.05, 4.69) is 28.8 Å². The van der Waals surface area contributed by atoms with Gasteiger partial charge in [0.15, 0.2) is 0 Å². The minimum Gasteiger partial charge on any atom is -0.497 e. The summed E-state index contributed by atoms with van der Waals surface area (Å²) in [5.41, 5.74) is 7.00. The normalized spacial score (nSPS) is 16.1. The number of carbonyl (C=O) groups excluding carboxylic acids is 1. The maximum Gasteiger partial charge on any atom is 0.345 e. The predicted octanol–water partition coefficient (Wildman–Crippen LogP) is 8.35. The standard InChI is InChI=1S/C36H37N3O4S/c1-43-27-14-10-23(11-15-27)28-16-12-25-20-26(13-17-29(25)37-28)34-33(24-8-4-2-5-9-24)35-30(21-31(44-35)36(41)42)39(34)22-32(40)38-18-6-3-7-19-38/h10-17,20-21,24H,2-9,18-19,22H2,1H3,(H,41,42). The topological polar surface area (TPSA) is 84.7 Å². The lowest BCUT2D eigenvalue weighted by atomic mass is 9.83. The maximum atomic E-state index is 13.7. The lowest BCUT2D eigenvalue weighted by Gasteiger charge is -2.28. The van der Waals surface area contributed by atoms with Crippen molar-refractivity contribution in [2.24, 2.45) is 0 Å². The molecule has 1 saturated heterocycles. The monoisotopic (exact) mass is 607 g/mol. The number of fused-ring (bicyclic) bond motifs is 2. The van der Waals surface area contributed by atoms with Crippen LogP contribution in [0.4, 0.5) is 0 Å². The van der Waals surface area contributed by atoms with Crippen LogP contribution in [0.1, 0.15) is 72.5 Å². The summed E-state index contributed by atoms with van der Waals surface area (Å²) in [6, 6.07) is 20.2. The van der Waals surface area contributed by atoms with Crippen molar-refractivity contribution in [2.75, 3.05) is 20.2 Å². The van der Waals surface area contributed by atoms with E-state index in [-0.39, 0.29) is 12.5 Å². The van der Waals surface area contributed by atoms with Crippen molar-refractivity contribution in [3.63, 3.8) is 0 Å². The highest BCUT2D eigenvalue weighted by molar-refractivity contribution is 7.21. The van der Waals surface area contributed by atoms with Gasteiger partial charge < -0.3 is 19.3 Å². The van der Waals surface area contributed by atoms with Crippen LogP contribution in [-0.4, -0.2) is 51.6 Å². The van der Waals surface area contributed by atoms with E-state index in [0.29, 0.717) is 10.8 Å². The highest BCUT2D eigenvalue weighted by atomic mass is 32.1. The number of carboxylic acids is 1. The van der Waals surface area contributed by atoms with Gasteiger partial charge in [-0.2, -0.15) is 0 Å². The molecule has 2 aromatic carbocycles. The lowest BCUT2D eigenvalue weighted by molar-refractivity contribution is -0.132. The van der Waals surface area contributed by atoms with Crippen LogP contribution >= 0.6 is 11.3 Å². The molecule has 226 valence electrons. The number of hydrogen-bond donors (Lipinski definition) is 1. The molecule has 0 atom stereocenters. The summed E-state index contributed by atoms with van der Waals surface area (Å²) in [5, 5.41) is 11.0. The van der Waals surface area contributed by atoms with Crippen LogP contribution in [0.15, 0.2) is 60.7 Å². The van der Waals surface area contributed by atoms with Gasteiger partial charge in [0.1, 0.15) is 17.2 Å². The molecular formula is C36H37N3O4S. The van der Waals surface area contributed by atoms with Crippen LogP contribution in [0.3, 0.4) is 0 Å². The summed E-state index contributed by atoms with van der Waals surface area (Å²) in [6.45, 7) is 1.79. The second kappa shape index (κ2) is 12.1. The first kappa shape index (κ1) is 28.6. The van der Waals surface area contributed by atoms with Gasteiger partial charge in [-0.05, 0) is 97.7 Å². The molecule has 3 aromatic heterocycles. The molecule has 0 spiro atoms. The Morgan fingerprint density at radius 3 is 2.36 bits per heavy atom. The highest BCUT2D eigenvalue weighted by Crippen LogP contribution is 2.47. The van der Waals surface area contributed by atoms with Crippen LogP contribution in [0.5, 0.6) is 5.75 Å². The first-order valence-corrected chi connectivity index (χ1v) is 16.5. The summed E-state index contributed by atoms with van der Waals surface area (Å²) >= 11 is 1.36. The Morgan fingerprint density at radius 1 is 0.909 bits per heavy atom. The number of methoxy groups -OCH3 is 1. The molecule has 2 aliphatic rings. The molecule has 7 rings (SSSR count). The molecule has 5 aromatic rings. The zero-order valence-corrected chi connectivity index (χ0v) is 25.9. The van der Waals surface area contributed by atoms with Crippen LogP contribution in [0, 0.1) is 0 Å². The average molecular weight is 608 g/mol. The molecule has 1 aliphatic carbocycles. The molecule has 1 N–H and O–H groups in total. The van der Waals surface area contributed by atoms with Crippen molar-refractivity contribution in [1.82, 2.24) is 14.5 Å². The summed E-state index contributed by atoms with van der Waals surface area (Å²) in [7, 11) is 1.66. The molecule has 1 saturated carbocycles. The van der Waals surface area contributed by atoms with Gasteiger partial charge in [-0.15, -0.1) is 11.3 Å². The molecule has 0 unspecified atom stereocenters. The summed E-state index contributed by atoms with van der Waals surface area (Å²) in [4.78, 5) is 33.1. The van der Waals surface area contributed by atoms with E-state index in [9.17, 15) is 14.7 Å². The number of carbonyl (C=O) groups is 2. The molecule has 8 heteroatoms. The molecule has 1 amide bonds. The number of nitrogens with zero attached hydrogens (tertiary/aromatic N) is 3. The third kappa shape index (κ3) is 5.36. The van der Waals surface area contributed by atoms with Crippen molar-refractivity contribution in [2.45, 2.75) is 63.8 Å². The van der Waals surface area contributed by atoms with Crippen molar-refractivity contribution in [1.29, 1.82) is 0 Å². The number of rotatable bonds is 7. The molecule has 44 heavy (non-hydrogen) atoms. The fourth-order valence-electron chi connectivity index (χ4n) is 7.07. The van der Waals surface area contributed by atoms with Crippen LogP contribution in [-0.2, 0) is 11.3 Å². The van der Waals surface area contributed by atoms with Gasteiger partial charge in [0, 0.05) is 24.0 Å². The number of pyridine rings is 1. The largest absolute Gasteiger partial charge is 0.497 e. The van der Waals surface area contributed by atoms with E-state index >= 15 is 0 Å². The van der Waals surface area contributed by atoms with Crippen LogP contribution < -0.4 is 4.74 Å². The quantitative estimate of drug-likeness (QED) is 0.201. The summed E-state index contributed by atoms with van der Waals surface area (Å²) in [6.07, 6.45) is 8.93. The number of ether oxygens (including phenoxy) is 1. The smallest absolute Gasteiger partial charge is 0.345 e. The molecule has 0 bridgehead atoms. The van der Waals surface area contributed by atoms with Gasteiger partial charge in [0.05, 0.1) is 34.2 Å². The Bertz CT molecular complexity index is 1840. The molecular weight excluding hydrogens is 570 g/mol. The number of piperidine rings is 1. The third-order valence-electron chi connectivity index (χ3n) is 9.35. The van der Waals surface area contributed by atoms with E-state index in [1.54, 1.807) is 13.2 Å². The van der Waals surface area contributed by atoms with E-state index in [1.807, 2.05) is 35.2 Å². The molecule has 0 radical (unpaired) electrons. The van der Waals surface area contributed by atoms with E-state index in [4.69, 9.17) is 9.72 Å². The van der Waals surface area contributed by atoms with Gasteiger partial charge in [-0.1, -0.05) is 31.4 Å². The predicted molar refractivity (Wildman–Crippen MR) is 176 cm³/mol. The minimum atomic E-state index is -0.916. The van der Waals surface area contributed by atoms with E-state index in [1.165, 1.54) is 23.3 Å². The third-order valence-corrected chi connectivity index (χ3v) is 10.5. The van der Waals surface area contributed by atoms with Gasteiger partial charge in [0.25, 0.3) is 0 Å². The molecule has 4 heterocycles. The number of thiophene rings is 1. The Morgan fingerprint density at radius 2 is 1.64 bits per heavy atom. The Kier molecular flexibility index (Phi) is 7.85. The second-order valence-corrected chi connectivity index (χ2v) is 13.1. The minimum absolute atomic E-state index is 0.104. The number of aromatic nitrogens is 2. The first-order valence-electron chi connectivity index (χ1n) is 15.7. The Balaban J connectivity index is 1.36. The number of aromatic carboxylic acids is 1. The lowest BCUT2D eigenvalue weighted by Crippen LogP contribution is -2.37. The zero-order chi connectivity index (χ0) is 30.2. The SMILES string of the molecule is COc1ccc(-c2ccc3cc(-c4c(C5CCCCC5)c5sc(C(=O)O)cc5n4CC(=O)N4CCCCC4)ccc3n2)cc1. The highest BCUT2D eigenvalue weighted by Gasteiger charge is 2.30. The summed E-state index contributed by atoms with van der Waals surface area (Å²) in [5.74, 6) is 0.331. The van der Waals surface area contributed by atoms with E-state index in [0.717, 1.165) is 107 Å². The molecule has 2 fully saturated rings. The fourth-order valence-corrected chi connectivity index (χ4v) is 8.20. The Hall–Kier alpha value is -4.17. The fraction of sp³-hybridized carbons (Fsp3) is 0.361. The number of likely N-dealkylation sites (tertiary alicyclic amines) is 1. The number of hydrogen-bond acceptors (Lipinski definition) is 5. The van der Waals surface area contributed by atoms with Crippen LogP contribution in [0.25, 0.3) is 43.6 Å². The number of amides is 1. The summed E-state index contributed by atoms with van der Waals surface area (Å²) < 4.78 is 8.45. The maximum absolute atomic E-state index is 13.7. The van der Waals surface area contributed by atoms with Crippen molar-refractivity contribution < 1.29 is 19.4 Å². The van der Waals surface area contributed by atoms with Crippen molar-refractivity contribution in [3.05, 3.63) is 71.1 Å². The van der Waals surface area contributed by atoms with Gasteiger partial charge in [-0.25, -0.2) is 9.78 Å². The van der Waals surface area contributed by atoms with Gasteiger partial charge >= 0.3 is 5.97 Å². The average Bonchev–Trinajstić information content (AvgIpc) is 3.63. The second-order valence-electron chi connectivity index (χ2n) is 12.1. The number of carboxylic acid groups (broad SMARTS) is 1. The van der Waals surface area contributed by atoms with Crippen molar-refractivity contribution in [3.8, 4) is 28.3 Å². The zero-order valence-electron chi connectivity index (χ0n) is 25.1. The van der Waals surface area contributed by atoms with Gasteiger partial charge in [-0.3, -0.25) is 4.79 Å². The first-order chi connectivity index (χ1) is 21.5. The van der Waals surface area contributed by atoms with Crippen LogP contribution in [0.2, 0.25) is 0 Å². The van der Waals surface area contributed by atoms with E-state index < -0.39 is 5.97 Å². The van der Waals surface area contributed by atoms with Crippen molar-refractivity contribution >= 4 is 44.3 Å². The van der Waals surface area contributed by atoms with Gasteiger partial charge in [0.2, 0.25) is 5.91 Å². The number of benzene rings is 2. The molecule has 7 nitrogen and oxygen atoms in total. The molecule has 1 aliphatic heterocycles.